The number of imidazole rings is 1. The first-order chi connectivity index (χ1) is 11.9. The maximum Gasteiger partial charge on any atom is 0.471 e. The van der Waals surface area contributed by atoms with Gasteiger partial charge in [0.1, 0.15) is 5.82 Å². The van der Waals surface area contributed by atoms with Gasteiger partial charge in [-0.25, -0.2) is 4.98 Å². The summed E-state index contributed by atoms with van der Waals surface area (Å²) in [5.41, 5.74) is 1.95. The Labute approximate surface area is 144 Å². The minimum Gasteiger partial charge on any atom is -0.348 e. The van der Waals surface area contributed by atoms with Gasteiger partial charge in [-0.2, -0.15) is 13.2 Å². The molecule has 1 fully saturated rings. The summed E-state index contributed by atoms with van der Waals surface area (Å²) in [6.45, 7) is 0.568. The standard InChI is InChI=1S/C18H20F3N3O/c19-18(20,21)17(25)22-10-9-15-11-23-16(14-7-4-8-14)24(15)12-13-5-2-1-3-6-13/h1-3,5-6,11,14H,4,7-10,12H2,(H,22,25). The molecule has 1 aliphatic rings. The summed E-state index contributed by atoms with van der Waals surface area (Å²) < 4.78 is 38.9. The predicted octanol–water partition coefficient (Wildman–Crippen LogP) is 3.42. The van der Waals surface area contributed by atoms with Crippen LogP contribution in [0.3, 0.4) is 0 Å². The third-order valence-corrected chi connectivity index (χ3v) is 4.55. The Bertz CT molecular complexity index is 721. The van der Waals surface area contributed by atoms with Gasteiger partial charge in [-0.05, 0) is 18.4 Å². The van der Waals surface area contributed by atoms with Crippen molar-refractivity contribution in [1.82, 2.24) is 14.9 Å². The Morgan fingerprint density at radius 2 is 1.96 bits per heavy atom. The molecule has 4 nitrogen and oxygen atoms in total. The van der Waals surface area contributed by atoms with Crippen LogP contribution in [0.15, 0.2) is 36.5 Å². The Morgan fingerprint density at radius 3 is 2.56 bits per heavy atom. The van der Waals surface area contributed by atoms with Crippen molar-refractivity contribution in [2.45, 2.75) is 44.3 Å². The summed E-state index contributed by atoms with van der Waals surface area (Å²) in [6.07, 6.45) is 0.554. The van der Waals surface area contributed by atoms with Gasteiger partial charge in [0.05, 0.1) is 0 Å². The molecular formula is C18H20F3N3O. The summed E-state index contributed by atoms with van der Waals surface area (Å²) in [5, 5.41) is 1.92. The fourth-order valence-corrected chi connectivity index (χ4v) is 2.97. The summed E-state index contributed by atoms with van der Waals surface area (Å²) in [7, 11) is 0. The van der Waals surface area contributed by atoms with Crippen LogP contribution in [-0.4, -0.2) is 28.2 Å². The van der Waals surface area contributed by atoms with Crippen LogP contribution in [0.25, 0.3) is 0 Å². The highest BCUT2D eigenvalue weighted by molar-refractivity contribution is 5.81. The first-order valence-corrected chi connectivity index (χ1v) is 8.38. The van der Waals surface area contributed by atoms with Crippen molar-refractivity contribution in [3.05, 3.63) is 53.6 Å². The first kappa shape index (κ1) is 17.5. The zero-order valence-electron chi connectivity index (χ0n) is 13.7. The van der Waals surface area contributed by atoms with E-state index in [1.54, 1.807) is 6.20 Å². The monoisotopic (exact) mass is 351 g/mol. The Hall–Kier alpha value is -2.31. The van der Waals surface area contributed by atoms with E-state index in [0.717, 1.165) is 29.9 Å². The molecule has 0 spiro atoms. The van der Waals surface area contributed by atoms with Gasteiger partial charge in [0.15, 0.2) is 0 Å². The van der Waals surface area contributed by atoms with Gasteiger partial charge in [0, 0.05) is 37.3 Å². The first-order valence-electron chi connectivity index (χ1n) is 8.38. The predicted molar refractivity (Wildman–Crippen MR) is 87.1 cm³/mol. The number of hydrogen-bond acceptors (Lipinski definition) is 2. The van der Waals surface area contributed by atoms with Crippen molar-refractivity contribution in [3.63, 3.8) is 0 Å². The molecule has 0 atom stereocenters. The Kier molecular flexibility index (Phi) is 5.11. The number of aromatic nitrogens is 2. The highest BCUT2D eigenvalue weighted by Gasteiger charge is 2.38. The second kappa shape index (κ2) is 7.29. The van der Waals surface area contributed by atoms with Crippen LogP contribution in [0.5, 0.6) is 0 Å². The van der Waals surface area contributed by atoms with Crippen LogP contribution in [0.2, 0.25) is 0 Å². The van der Waals surface area contributed by atoms with Crippen molar-refractivity contribution >= 4 is 5.91 Å². The second-order valence-electron chi connectivity index (χ2n) is 6.31. The topological polar surface area (TPSA) is 46.9 Å². The molecule has 0 unspecified atom stereocenters. The van der Waals surface area contributed by atoms with Crippen molar-refractivity contribution < 1.29 is 18.0 Å². The van der Waals surface area contributed by atoms with Crippen molar-refractivity contribution in [2.24, 2.45) is 0 Å². The number of hydrogen-bond donors (Lipinski definition) is 1. The largest absolute Gasteiger partial charge is 0.471 e. The minimum atomic E-state index is -4.85. The number of alkyl halides is 3. The lowest BCUT2D eigenvalue weighted by atomic mass is 9.85. The van der Waals surface area contributed by atoms with Gasteiger partial charge < -0.3 is 9.88 Å². The van der Waals surface area contributed by atoms with E-state index in [9.17, 15) is 18.0 Å². The van der Waals surface area contributed by atoms with E-state index < -0.39 is 12.1 Å². The number of nitrogens with zero attached hydrogens (tertiary/aromatic N) is 2. The van der Waals surface area contributed by atoms with Gasteiger partial charge in [0.25, 0.3) is 0 Å². The van der Waals surface area contributed by atoms with Crippen molar-refractivity contribution in [1.29, 1.82) is 0 Å². The van der Waals surface area contributed by atoms with Gasteiger partial charge in [0.2, 0.25) is 0 Å². The molecule has 0 aliphatic heterocycles. The highest BCUT2D eigenvalue weighted by Crippen LogP contribution is 2.36. The Morgan fingerprint density at radius 1 is 1.24 bits per heavy atom. The van der Waals surface area contributed by atoms with E-state index in [4.69, 9.17) is 0 Å². The molecule has 0 saturated heterocycles. The molecule has 1 N–H and O–H groups in total. The number of halogens is 3. The molecule has 0 bridgehead atoms. The molecule has 1 aromatic carbocycles. The van der Waals surface area contributed by atoms with Gasteiger partial charge in [-0.1, -0.05) is 36.8 Å². The summed E-state index contributed by atoms with van der Waals surface area (Å²) in [4.78, 5) is 15.4. The molecule has 1 saturated carbocycles. The lowest BCUT2D eigenvalue weighted by molar-refractivity contribution is -0.173. The lowest BCUT2D eigenvalue weighted by Gasteiger charge is -2.26. The lowest BCUT2D eigenvalue weighted by Crippen LogP contribution is -2.38. The number of carbonyl (C=O) groups excluding carboxylic acids is 1. The molecule has 2 aromatic rings. The second-order valence-corrected chi connectivity index (χ2v) is 6.31. The summed E-state index contributed by atoms with van der Waals surface area (Å²) >= 11 is 0. The summed E-state index contributed by atoms with van der Waals surface area (Å²) in [6, 6.07) is 9.88. The smallest absolute Gasteiger partial charge is 0.348 e. The van der Waals surface area contributed by atoms with Crippen LogP contribution in [-0.2, 0) is 17.8 Å². The van der Waals surface area contributed by atoms with Gasteiger partial charge >= 0.3 is 12.1 Å². The van der Waals surface area contributed by atoms with Crippen molar-refractivity contribution in [3.8, 4) is 0 Å². The Balaban J connectivity index is 1.72. The van der Waals surface area contributed by atoms with E-state index in [-0.39, 0.29) is 6.54 Å². The zero-order valence-corrected chi connectivity index (χ0v) is 13.7. The molecule has 25 heavy (non-hydrogen) atoms. The normalized spacial score (nSPS) is 15.0. The molecular weight excluding hydrogens is 331 g/mol. The minimum absolute atomic E-state index is 0.0665. The molecule has 1 amide bonds. The van der Waals surface area contributed by atoms with E-state index >= 15 is 0 Å². The maximum atomic E-state index is 12.3. The number of carbonyl (C=O) groups is 1. The fourth-order valence-electron chi connectivity index (χ4n) is 2.97. The zero-order chi connectivity index (χ0) is 17.9. The molecule has 1 heterocycles. The van der Waals surface area contributed by atoms with E-state index in [1.807, 2.05) is 35.6 Å². The average Bonchev–Trinajstić information content (AvgIpc) is 2.89. The number of benzene rings is 1. The third-order valence-electron chi connectivity index (χ3n) is 4.55. The number of rotatable bonds is 6. The van der Waals surface area contributed by atoms with Gasteiger partial charge in [-0.15, -0.1) is 0 Å². The molecule has 7 heteroatoms. The van der Waals surface area contributed by atoms with E-state index in [2.05, 4.69) is 9.55 Å². The quantitative estimate of drug-likeness (QED) is 0.867. The van der Waals surface area contributed by atoms with Crippen LogP contribution < -0.4 is 5.32 Å². The van der Waals surface area contributed by atoms with Gasteiger partial charge in [-0.3, -0.25) is 4.79 Å². The van der Waals surface area contributed by atoms with Crippen LogP contribution in [0, 0.1) is 0 Å². The van der Waals surface area contributed by atoms with Crippen LogP contribution in [0.1, 0.15) is 42.3 Å². The fraction of sp³-hybridized carbons (Fsp3) is 0.444. The molecule has 134 valence electrons. The SMILES string of the molecule is O=C(NCCc1cnc(C2CCC2)n1Cc1ccccc1)C(F)(F)F. The maximum absolute atomic E-state index is 12.3. The van der Waals surface area contributed by atoms with E-state index in [1.165, 1.54) is 6.42 Å². The number of amides is 1. The molecule has 1 aromatic heterocycles. The molecule has 3 rings (SSSR count). The van der Waals surface area contributed by atoms with Crippen molar-refractivity contribution in [2.75, 3.05) is 6.54 Å². The molecule has 1 aliphatic carbocycles. The number of nitrogens with one attached hydrogen (secondary N) is 1. The van der Waals surface area contributed by atoms with Crippen LogP contribution in [0.4, 0.5) is 13.2 Å². The van der Waals surface area contributed by atoms with E-state index in [0.29, 0.717) is 18.9 Å². The third kappa shape index (κ3) is 4.21. The van der Waals surface area contributed by atoms with Crippen LogP contribution >= 0.6 is 0 Å². The average molecular weight is 351 g/mol. The molecule has 0 radical (unpaired) electrons. The highest BCUT2D eigenvalue weighted by atomic mass is 19.4. The summed E-state index contributed by atoms with van der Waals surface area (Å²) in [5.74, 6) is -0.490.